The molecule has 2 unspecified atom stereocenters. The highest BCUT2D eigenvalue weighted by Crippen LogP contribution is 2.48. The monoisotopic (exact) mass is 278 g/mol. The Bertz CT molecular complexity index is 619. The van der Waals surface area contributed by atoms with Crippen molar-refractivity contribution < 1.29 is 0 Å². The summed E-state index contributed by atoms with van der Waals surface area (Å²) >= 11 is 0. The Morgan fingerprint density at radius 1 is 1.00 bits per heavy atom. The molecule has 4 rings (SSSR count). The number of benzene rings is 2. The van der Waals surface area contributed by atoms with E-state index in [4.69, 9.17) is 5.73 Å². The highest BCUT2D eigenvalue weighted by molar-refractivity contribution is 5.78. The number of rotatable bonds is 2. The van der Waals surface area contributed by atoms with Crippen molar-refractivity contribution in [2.75, 3.05) is 13.1 Å². The Morgan fingerprint density at radius 3 is 2.10 bits per heavy atom. The highest BCUT2D eigenvalue weighted by Gasteiger charge is 2.39. The first-order valence-electron chi connectivity index (χ1n) is 7.93. The molecule has 1 aliphatic heterocycles. The fourth-order valence-electron chi connectivity index (χ4n) is 4.19. The third-order valence-electron chi connectivity index (χ3n) is 5.18. The van der Waals surface area contributed by atoms with Crippen LogP contribution in [0, 0.1) is 5.92 Å². The van der Waals surface area contributed by atoms with Gasteiger partial charge in [0.15, 0.2) is 0 Å². The fourth-order valence-corrected chi connectivity index (χ4v) is 4.19. The standard InChI is InChI=1S/C19H22N2/c1-13-10-14(11-20)12-21(13)19-17-8-4-2-6-15(17)16-7-3-5-9-18(16)19/h2-9,13-14,19H,10-12,20H2,1H3. The van der Waals surface area contributed by atoms with Crippen molar-refractivity contribution >= 4 is 0 Å². The molecule has 0 spiro atoms. The third kappa shape index (κ3) is 1.94. The van der Waals surface area contributed by atoms with Gasteiger partial charge in [0.2, 0.25) is 0 Å². The predicted molar refractivity (Wildman–Crippen MR) is 87.1 cm³/mol. The van der Waals surface area contributed by atoms with Gasteiger partial charge in [-0.25, -0.2) is 0 Å². The van der Waals surface area contributed by atoms with E-state index in [9.17, 15) is 0 Å². The minimum absolute atomic E-state index is 0.406. The molecule has 2 atom stereocenters. The van der Waals surface area contributed by atoms with Crippen LogP contribution in [-0.4, -0.2) is 24.0 Å². The van der Waals surface area contributed by atoms with Crippen molar-refractivity contribution in [1.29, 1.82) is 0 Å². The van der Waals surface area contributed by atoms with Crippen molar-refractivity contribution in [3.63, 3.8) is 0 Å². The molecule has 108 valence electrons. The maximum absolute atomic E-state index is 5.92. The zero-order chi connectivity index (χ0) is 14.4. The molecule has 1 aliphatic carbocycles. The first-order chi connectivity index (χ1) is 10.3. The summed E-state index contributed by atoms with van der Waals surface area (Å²) in [6.45, 7) is 4.26. The lowest BCUT2D eigenvalue weighted by Crippen LogP contribution is -2.32. The quantitative estimate of drug-likeness (QED) is 0.912. The van der Waals surface area contributed by atoms with E-state index in [0.29, 0.717) is 18.0 Å². The van der Waals surface area contributed by atoms with Crippen molar-refractivity contribution in [1.82, 2.24) is 4.90 Å². The summed E-state index contributed by atoms with van der Waals surface area (Å²) < 4.78 is 0. The average molecular weight is 278 g/mol. The SMILES string of the molecule is CC1CC(CN)CN1C1c2ccccc2-c2ccccc21. The summed E-state index contributed by atoms with van der Waals surface area (Å²) in [6, 6.07) is 18.7. The molecule has 2 aromatic carbocycles. The Kier molecular flexibility index (Phi) is 3.09. The van der Waals surface area contributed by atoms with Crippen LogP contribution in [0.3, 0.4) is 0 Å². The van der Waals surface area contributed by atoms with Gasteiger partial charge in [-0.2, -0.15) is 0 Å². The molecule has 2 nitrogen and oxygen atoms in total. The molecule has 1 saturated heterocycles. The molecular weight excluding hydrogens is 256 g/mol. The summed E-state index contributed by atoms with van der Waals surface area (Å²) in [5.74, 6) is 0.639. The summed E-state index contributed by atoms with van der Waals surface area (Å²) in [7, 11) is 0. The van der Waals surface area contributed by atoms with Crippen LogP contribution in [0.5, 0.6) is 0 Å². The van der Waals surface area contributed by atoms with Crippen LogP contribution >= 0.6 is 0 Å². The molecule has 0 aromatic heterocycles. The molecule has 0 bridgehead atoms. The summed E-state index contributed by atoms with van der Waals surface area (Å²) in [4.78, 5) is 2.65. The van der Waals surface area contributed by atoms with E-state index in [-0.39, 0.29) is 0 Å². The van der Waals surface area contributed by atoms with E-state index < -0.39 is 0 Å². The molecule has 2 heteroatoms. The highest BCUT2D eigenvalue weighted by atomic mass is 15.2. The number of likely N-dealkylation sites (tertiary alicyclic amines) is 1. The maximum Gasteiger partial charge on any atom is 0.0616 e. The third-order valence-corrected chi connectivity index (χ3v) is 5.18. The Morgan fingerprint density at radius 2 is 1.57 bits per heavy atom. The lowest BCUT2D eigenvalue weighted by molar-refractivity contribution is 0.218. The molecule has 2 aliphatic rings. The zero-order valence-corrected chi connectivity index (χ0v) is 12.5. The second-order valence-corrected chi connectivity index (χ2v) is 6.46. The fraction of sp³-hybridized carbons (Fsp3) is 0.368. The van der Waals surface area contributed by atoms with Gasteiger partial charge in [0.1, 0.15) is 0 Å². The van der Waals surface area contributed by atoms with E-state index in [1.54, 1.807) is 0 Å². The number of nitrogens with zero attached hydrogens (tertiary/aromatic N) is 1. The van der Waals surface area contributed by atoms with Crippen molar-refractivity contribution in [2.24, 2.45) is 11.7 Å². The van der Waals surface area contributed by atoms with Gasteiger partial charge in [-0.15, -0.1) is 0 Å². The lowest BCUT2D eigenvalue weighted by Gasteiger charge is -2.30. The van der Waals surface area contributed by atoms with E-state index in [1.165, 1.54) is 28.7 Å². The Hall–Kier alpha value is -1.64. The second-order valence-electron chi connectivity index (χ2n) is 6.46. The van der Waals surface area contributed by atoms with Gasteiger partial charge in [0.05, 0.1) is 6.04 Å². The van der Waals surface area contributed by atoms with Crippen molar-refractivity contribution in [3.8, 4) is 11.1 Å². The van der Waals surface area contributed by atoms with Crippen LogP contribution in [0.1, 0.15) is 30.5 Å². The first kappa shape index (κ1) is 13.1. The number of fused-ring (bicyclic) bond motifs is 3. The van der Waals surface area contributed by atoms with Gasteiger partial charge < -0.3 is 5.73 Å². The molecule has 1 heterocycles. The topological polar surface area (TPSA) is 29.3 Å². The van der Waals surface area contributed by atoms with Crippen molar-refractivity contribution in [3.05, 3.63) is 59.7 Å². The van der Waals surface area contributed by atoms with Gasteiger partial charge >= 0.3 is 0 Å². The smallest absolute Gasteiger partial charge is 0.0616 e. The van der Waals surface area contributed by atoms with Crippen LogP contribution < -0.4 is 5.73 Å². The summed E-state index contributed by atoms with van der Waals surface area (Å²) in [5.41, 5.74) is 11.7. The summed E-state index contributed by atoms with van der Waals surface area (Å²) in [5, 5.41) is 0. The Balaban J connectivity index is 1.82. The van der Waals surface area contributed by atoms with Crippen LogP contribution in [0.4, 0.5) is 0 Å². The van der Waals surface area contributed by atoms with Crippen LogP contribution in [-0.2, 0) is 0 Å². The van der Waals surface area contributed by atoms with Gasteiger partial charge in [-0.05, 0) is 48.1 Å². The average Bonchev–Trinajstić information content (AvgIpc) is 3.05. The molecular formula is C19H22N2. The van der Waals surface area contributed by atoms with E-state index in [2.05, 4.69) is 60.4 Å². The lowest BCUT2D eigenvalue weighted by atomic mass is 10.0. The van der Waals surface area contributed by atoms with E-state index in [1.807, 2.05) is 0 Å². The van der Waals surface area contributed by atoms with Gasteiger partial charge in [0, 0.05) is 12.6 Å². The van der Waals surface area contributed by atoms with Crippen LogP contribution in [0.25, 0.3) is 11.1 Å². The molecule has 2 aromatic rings. The zero-order valence-electron chi connectivity index (χ0n) is 12.5. The molecule has 0 saturated carbocycles. The van der Waals surface area contributed by atoms with Gasteiger partial charge in [0.25, 0.3) is 0 Å². The van der Waals surface area contributed by atoms with Crippen LogP contribution in [0.15, 0.2) is 48.5 Å². The minimum atomic E-state index is 0.406. The molecule has 21 heavy (non-hydrogen) atoms. The first-order valence-corrected chi connectivity index (χ1v) is 7.93. The summed E-state index contributed by atoms with van der Waals surface area (Å²) in [6.07, 6.45) is 1.22. The predicted octanol–water partition coefficient (Wildman–Crippen LogP) is 3.43. The second kappa shape index (κ2) is 4.97. The molecule has 0 radical (unpaired) electrons. The Labute approximate surface area is 126 Å². The number of hydrogen-bond donors (Lipinski definition) is 1. The number of nitrogens with two attached hydrogens (primary N) is 1. The molecule has 2 N–H and O–H groups in total. The number of hydrogen-bond acceptors (Lipinski definition) is 2. The van der Waals surface area contributed by atoms with E-state index in [0.717, 1.165) is 13.1 Å². The van der Waals surface area contributed by atoms with Crippen molar-refractivity contribution in [2.45, 2.75) is 25.4 Å². The maximum atomic E-state index is 5.92. The normalized spacial score (nSPS) is 25.0. The van der Waals surface area contributed by atoms with Gasteiger partial charge in [-0.1, -0.05) is 48.5 Å². The van der Waals surface area contributed by atoms with Gasteiger partial charge in [-0.3, -0.25) is 4.90 Å². The van der Waals surface area contributed by atoms with Crippen LogP contribution in [0.2, 0.25) is 0 Å². The minimum Gasteiger partial charge on any atom is -0.330 e. The van der Waals surface area contributed by atoms with E-state index >= 15 is 0 Å². The molecule has 1 fully saturated rings. The molecule has 0 amide bonds. The largest absolute Gasteiger partial charge is 0.330 e.